The smallest absolute Gasteiger partial charge is 0.306 e. The molecule has 1 saturated carbocycles. The summed E-state index contributed by atoms with van der Waals surface area (Å²) in [6, 6.07) is 0. The Labute approximate surface area is 187 Å². The maximum absolute atomic E-state index is 14.0. The van der Waals surface area contributed by atoms with Crippen LogP contribution in [0.25, 0.3) is 0 Å². The van der Waals surface area contributed by atoms with E-state index in [-0.39, 0.29) is 42.5 Å². The summed E-state index contributed by atoms with van der Waals surface area (Å²) in [5.41, 5.74) is 0. The van der Waals surface area contributed by atoms with Crippen LogP contribution in [0, 0.1) is 11.8 Å². The van der Waals surface area contributed by atoms with E-state index in [1.165, 1.54) is 0 Å². The molecule has 0 heterocycles. The van der Waals surface area contributed by atoms with Gasteiger partial charge in [0, 0.05) is 25.2 Å². The zero-order valence-corrected chi connectivity index (χ0v) is 19.8. The number of halogens is 2. The van der Waals surface area contributed by atoms with E-state index in [9.17, 15) is 23.5 Å². The molecule has 6 heteroatoms. The number of ether oxygens (including phenoxy) is 1. The first-order chi connectivity index (χ1) is 14.7. The van der Waals surface area contributed by atoms with Crippen molar-refractivity contribution in [3.8, 4) is 0 Å². The van der Waals surface area contributed by atoms with Gasteiger partial charge in [-0.2, -0.15) is 0 Å². The molecule has 0 amide bonds. The van der Waals surface area contributed by atoms with Crippen molar-refractivity contribution < 1.29 is 28.2 Å². The van der Waals surface area contributed by atoms with Crippen molar-refractivity contribution in [3.05, 3.63) is 0 Å². The number of carbonyl (C=O) groups excluding carboxylic acids is 2. The molecule has 0 bridgehead atoms. The van der Waals surface area contributed by atoms with Crippen molar-refractivity contribution in [2.45, 2.75) is 135 Å². The fourth-order valence-corrected chi connectivity index (χ4v) is 4.54. The third-order valence-corrected chi connectivity index (χ3v) is 6.42. The molecule has 31 heavy (non-hydrogen) atoms. The lowest BCUT2D eigenvalue weighted by Gasteiger charge is -2.25. The van der Waals surface area contributed by atoms with Crippen LogP contribution in [0.5, 0.6) is 0 Å². The van der Waals surface area contributed by atoms with Gasteiger partial charge in [-0.1, -0.05) is 45.4 Å². The van der Waals surface area contributed by atoms with Crippen molar-refractivity contribution in [2.24, 2.45) is 11.8 Å². The highest BCUT2D eigenvalue weighted by molar-refractivity contribution is 5.83. The molecule has 1 rings (SSSR count). The summed E-state index contributed by atoms with van der Waals surface area (Å²) in [6.07, 6.45) is 8.37. The Bertz CT molecular complexity index is 522. The van der Waals surface area contributed by atoms with E-state index < -0.39 is 12.0 Å². The highest BCUT2D eigenvalue weighted by atomic mass is 19.3. The number of aliphatic hydroxyl groups is 1. The maximum atomic E-state index is 14.0. The minimum atomic E-state index is -3.03. The van der Waals surface area contributed by atoms with Crippen molar-refractivity contribution in [3.63, 3.8) is 0 Å². The average Bonchev–Trinajstić information content (AvgIpc) is 3.05. The standard InChI is InChI=1S/C25H44F2O4/c1-4-5-18-25(26,27)23(29)17-15-20-14-16-22(28)21(20)12-10-8-6-7-9-11-13-24(30)31-19(2)3/h19-21,23,29H,4-18H2,1-3H3/t20-,21-,23-/m1/s1. The highest BCUT2D eigenvalue weighted by Gasteiger charge is 2.39. The normalized spacial score (nSPS) is 20.4. The van der Waals surface area contributed by atoms with Crippen LogP contribution in [0.1, 0.15) is 117 Å². The van der Waals surface area contributed by atoms with E-state index >= 15 is 0 Å². The number of esters is 1. The summed E-state index contributed by atoms with van der Waals surface area (Å²) in [4.78, 5) is 23.7. The molecule has 0 aromatic rings. The van der Waals surface area contributed by atoms with Gasteiger partial charge in [0.15, 0.2) is 0 Å². The summed E-state index contributed by atoms with van der Waals surface area (Å²) in [6.45, 7) is 5.56. The van der Waals surface area contributed by atoms with Gasteiger partial charge in [0.05, 0.1) is 6.10 Å². The van der Waals surface area contributed by atoms with Crippen LogP contribution in [0.15, 0.2) is 0 Å². The lowest BCUT2D eigenvalue weighted by molar-refractivity contribution is -0.147. The zero-order valence-electron chi connectivity index (χ0n) is 19.8. The van der Waals surface area contributed by atoms with E-state index in [1.807, 2.05) is 20.8 Å². The number of alkyl halides is 2. The molecule has 3 atom stereocenters. The predicted molar refractivity (Wildman–Crippen MR) is 119 cm³/mol. The number of Topliss-reactive ketones (excluding diaryl/α,β-unsaturated/α-hetero) is 1. The Morgan fingerprint density at radius 3 is 2.39 bits per heavy atom. The molecule has 0 aromatic heterocycles. The van der Waals surface area contributed by atoms with E-state index in [0.717, 1.165) is 51.4 Å². The third kappa shape index (κ3) is 11.4. The molecule has 0 spiro atoms. The lowest BCUT2D eigenvalue weighted by atomic mass is 9.85. The van der Waals surface area contributed by atoms with Crippen LogP contribution in [-0.4, -0.2) is 35.0 Å². The molecule has 0 saturated heterocycles. The number of hydrogen-bond acceptors (Lipinski definition) is 4. The monoisotopic (exact) mass is 446 g/mol. The van der Waals surface area contributed by atoms with Crippen LogP contribution >= 0.6 is 0 Å². The van der Waals surface area contributed by atoms with E-state index in [2.05, 4.69) is 0 Å². The van der Waals surface area contributed by atoms with Crippen LogP contribution in [0.3, 0.4) is 0 Å². The quantitative estimate of drug-likeness (QED) is 0.201. The predicted octanol–water partition coefficient (Wildman–Crippen LogP) is 6.62. The molecule has 4 nitrogen and oxygen atoms in total. The first-order valence-corrected chi connectivity index (χ1v) is 12.5. The van der Waals surface area contributed by atoms with Gasteiger partial charge in [0.2, 0.25) is 0 Å². The SMILES string of the molecule is CCCCC(F)(F)[C@H](O)CC[C@H]1CCC(=O)[C@@H]1CCCCCCCCC(=O)OC(C)C. The Morgan fingerprint density at radius 1 is 1.10 bits per heavy atom. The Hall–Kier alpha value is -1.04. The maximum Gasteiger partial charge on any atom is 0.306 e. The van der Waals surface area contributed by atoms with Crippen molar-refractivity contribution in [1.82, 2.24) is 0 Å². The first-order valence-electron chi connectivity index (χ1n) is 12.5. The fourth-order valence-electron chi connectivity index (χ4n) is 4.54. The topological polar surface area (TPSA) is 63.6 Å². The fraction of sp³-hybridized carbons (Fsp3) is 0.920. The highest BCUT2D eigenvalue weighted by Crippen LogP contribution is 2.38. The number of aliphatic hydroxyl groups excluding tert-OH is 1. The first kappa shape index (κ1) is 28.0. The molecule has 0 aromatic carbocycles. The summed E-state index contributed by atoms with van der Waals surface area (Å²) < 4.78 is 33.1. The molecule has 1 fully saturated rings. The molecule has 1 aliphatic rings. The molecule has 0 aliphatic heterocycles. The Kier molecular flexibility index (Phi) is 13.5. The van der Waals surface area contributed by atoms with E-state index in [0.29, 0.717) is 32.1 Å². The summed E-state index contributed by atoms with van der Waals surface area (Å²) >= 11 is 0. The largest absolute Gasteiger partial charge is 0.463 e. The second kappa shape index (κ2) is 14.9. The third-order valence-electron chi connectivity index (χ3n) is 6.42. The number of carbonyl (C=O) groups is 2. The second-order valence-electron chi connectivity index (χ2n) is 9.53. The van der Waals surface area contributed by atoms with Gasteiger partial charge in [0.1, 0.15) is 11.9 Å². The minimum absolute atomic E-state index is 0.0257. The van der Waals surface area contributed by atoms with E-state index in [1.54, 1.807) is 0 Å². The molecular formula is C25H44F2O4. The number of ketones is 1. The van der Waals surface area contributed by atoms with Crippen LogP contribution in [0.4, 0.5) is 8.78 Å². The van der Waals surface area contributed by atoms with Gasteiger partial charge in [0.25, 0.3) is 5.92 Å². The summed E-state index contributed by atoms with van der Waals surface area (Å²) in [5, 5.41) is 9.95. The van der Waals surface area contributed by atoms with Gasteiger partial charge >= 0.3 is 5.97 Å². The number of unbranched alkanes of at least 4 members (excludes halogenated alkanes) is 6. The van der Waals surface area contributed by atoms with Gasteiger partial charge < -0.3 is 9.84 Å². The summed E-state index contributed by atoms with van der Waals surface area (Å²) in [7, 11) is 0. The van der Waals surface area contributed by atoms with Gasteiger partial charge in [-0.3, -0.25) is 9.59 Å². The van der Waals surface area contributed by atoms with Crippen molar-refractivity contribution >= 4 is 11.8 Å². The van der Waals surface area contributed by atoms with Crippen LogP contribution in [-0.2, 0) is 14.3 Å². The summed E-state index contributed by atoms with van der Waals surface area (Å²) in [5.74, 6) is -2.78. The Balaban J connectivity index is 2.20. The second-order valence-corrected chi connectivity index (χ2v) is 9.53. The molecule has 1 aliphatic carbocycles. The van der Waals surface area contributed by atoms with Gasteiger partial charge in [-0.15, -0.1) is 0 Å². The molecular weight excluding hydrogens is 402 g/mol. The molecule has 1 N–H and O–H groups in total. The molecule has 0 unspecified atom stereocenters. The van der Waals surface area contributed by atoms with Crippen LogP contribution in [0.2, 0.25) is 0 Å². The minimum Gasteiger partial charge on any atom is -0.463 e. The number of hydrogen-bond donors (Lipinski definition) is 1. The lowest BCUT2D eigenvalue weighted by Crippen LogP contribution is -2.34. The average molecular weight is 447 g/mol. The molecule has 0 radical (unpaired) electrons. The van der Waals surface area contributed by atoms with Crippen molar-refractivity contribution in [1.29, 1.82) is 0 Å². The van der Waals surface area contributed by atoms with Crippen molar-refractivity contribution in [2.75, 3.05) is 0 Å². The Morgan fingerprint density at radius 2 is 1.74 bits per heavy atom. The zero-order chi connectivity index (χ0) is 23.3. The van der Waals surface area contributed by atoms with Gasteiger partial charge in [-0.25, -0.2) is 8.78 Å². The van der Waals surface area contributed by atoms with E-state index in [4.69, 9.17) is 4.74 Å². The van der Waals surface area contributed by atoms with Crippen LogP contribution < -0.4 is 0 Å². The van der Waals surface area contributed by atoms with Gasteiger partial charge in [-0.05, 0) is 58.3 Å². The number of rotatable bonds is 17. The molecule has 182 valence electrons.